The molecule has 1 atom stereocenters. The zero-order valence-corrected chi connectivity index (χ0v) is 15.6. The highest BCUT2D eigenvalue weighted by molar-refractivity contribution is 5.91. The van der Waals surface area contributed by atoms with Crippen LogP contribution in [0.4, 0.5) is 0 Å². The van der Waals surface area contributed by atoms with Gasteiger partial charge in [-0.1, -0.05) is 6.07 Å². The topological polar surface area (TPSA) is 96.2 Å². The van der Waals surface area contributed by atoms with E-state index in [0.29, 0.717) is 36.3 Å². The monoisotopic (exact) mass is 374 g/mol. The fraction of sp³-hybridized carbons (Fsp3) is 0.381. The van der Waals surface area contributed by atoms with Gasteiger partial charge >= 0.3 is 5.97 Å². The van der Waals surface area contributed by atoms with E-state index in [1.807, 2.05) is 0 Å². The number of carbonyl (C=O) groups excluding carboxylic acids is 1. The van der Waals surface area contributed by atoms with Gasteiger partial charge in [0.1, 0.15) is 5.75 Å². The van der Waals surface area contributed by atoms with Crippen LogP contribution in [0.25, 0.3) is 0 Å². The van der Waals surface area contributed by atoms with Crippen LogP contribution in [0.2, 0.25) is 0 Å². The number of phenols is 2. The quantitative estimate of drug-likeness (QED) is 0.354. The second-order valence-corrected chi connectivity index (χ2v) is 6.37. The molecule has 0 saturated heterocycles. The first kappa shape index (κ1) is 20.6. The first-order valence-corrected chi connectivity index (χ1v) is 9.02. The van der Waals surface area contributed by atoms with Gasteiger partial charge in [-0.05, 0) is 74.6 Å². The Hall–Kier alpha value is -2.73. The summed E-state index contributed by atoms with van der Waals surface area (Å²) in [4.78, 5) is 12.0. The van der Waals surface area contributed by atoms with Crippen molar-refractivity contribution >= 4 is 5.97 Å². The highest BCUT2D eigenvalue weighted by Crippen LogP contribution is 2.25. The number of hydrogen-bond acceptors (Lipinski definition) is 6. The van der Waals surface area contributed by atoms with Crippen molar-refractivity contribution in [3.63, 3.8) is 0 Å². The summed E-state index contributed by atoms with van der Waals surface area (Å²) in [7, 11) is 0. The van der Waals surface area contributed by atoms with Crippen molar-refractivity contribution in [1.82, 2.24) is 0 Å². The second-order valence-electron chi connectivity index (χ2n) is 6.37. The third-order valence-electron chi connectivity index (χ3n) is 4.01. The van der Waals surface area contributed by atoms with Crippen LogP contribution in [-0.2, 0) is 17.6 Å². The molecule has 0 radical (unpaired) electrons. The molecule has 0 aliphatic carbocycles. The molecule has 0 aliphatic rings. The number of rotatable bonds is 9. The van der Waals surface area contributed by atoms with Crippen molar-refractivity contribution < 1.29 is 29.6 Å². The summed E-state index contributed by atoms with van der Waals surface area (Å²) in [6.07, 6.45) is 1.15. The molecule has 27 heavy (non-hydrogen) atoms. The van der Waals surface area contributed by atoms with E-state index in [4.69, 9.17) is 9.47 Å². The number of aromatic hydroxyl groups is 2. The molecule has 6 nitrogen and oxygen atoms in total. The molecule has 146 valence electrons. The molecule has 0 fully saturated rings. The highest BCUT2D eigenvalue weighted by atomic mass is 16.5. The van der Waals surface area contributed by atoms with Crippen molar-refractivity contribution in [2.45, 2.75) is 39.2 Å². The van der Waals surface area contributed by atoms with E-state index in [9.17, 15) is 20.1 Å². The first-order valence-electron chi connectivity index (χ1n) is 9.02. The maximum atomic E-state index is 12.0. The molecule has 0 aromatic heterocycles. The van der Waals surface area contributed by atoms with Crippen LogP contribution in [0.5, 0.6) is 17.2 Å². The summed E-state index contributed by atoms with van der Waals surface area (Å²) in [6, 6.07) is 9.87. The standard InChI is InChI=1S/C21H26O6/c1-3-26-21(25)18-8-7-17(13-16(18)11-14(2)22)27-10-4-5-15-6-9-19(23)20(24)12-15/h6-9,12-14,22-24H,3-5,10-11H2,1-2H3. The SMILES string of the molecule is CCOC(=O)c1ccc(OCCCc2ccc(O)c(O)c2)cc1CC(C)O. The van der Waals surface area contributed by atoms with Gasteiger partial charge in [-0.25, -0.2) is 4.79 Å². The number of aliphatic hydroxyl groups is 1. The zero-order valence-electron chi connectivity index (χ0n) is 15.6. The van der Waals surface area contributed by atoms with Crippen molar-refractivity contribution in [2.75, 3.05) is 13.2 Å². The third-order valence-corrected chi connectivity index (χ3v) is 4.01. The highest BCUT2D eigenvalue weighted by Gasteiger charge is 2.15. The molecule has 0 saturated carbocycles. The Kier molecular flexibility index (Phi) is 7.49. The largest absolute Gasteiger partial charge is 0.504 e. The smallest absolute Gasteiger partial charge is 0.338 e. The molecule has 3 N–H and O–H groups in total. The molecular formula is C21H26O6. The van der Waals surface area contributed by atoms with Crippen molar-refractivity contribution in [1.29, 1.82) is 0 Å². The van der Waals surface area contributed by atoms with Crippen LogP contribution in [0.15, 0.2) is 36.4 Å². The van der Waals surface area contributed by atoms with E-state index in [1.165, 1.54) is 12.1 Å². The number of benzene rings is 2. The van der Waals surface area contributed by atoms with E-state index in [-0.39, 0.29) is 18.1 Å². The van der Waals surface area contributed by atoms with Crippen molar-refractivity contribution in [3.05, 3.63) is 53.1 Å². The minimum atomic E-state index is -0.587. The van der Waals surface area contributed by atoms with E-state index >= 15 is 0 Å². The molecule has 6 heteroatoms. The molecule has 2 rings (SSSR count). The Balaban J connectivity index is 1.97. The molecule has 0 amide bonds. The zero-order chi connectivity index (χ0) is 19.8. The number of aliphatic hydroxyl groups excluding tert-OH is 1. The summed E-state index contributed by atoms with van der Waals surface area (Å²) in [5.41, 5.74) is 2.02. The average molecular weight is 374 g/mol. The summed E-state index contributed by atoms with van der Waals surface area (Å²) in [5, 5.41) is 28.5. The van der Waals surface area contributed by atoms with Crippen LogP contribution in [0.1, 0.15) is 41.8 Å². The van der Waals surface area contributed by atoms with Crippen LogP contribution in [-0.4, -0.2) is 40.6 Å². The minimum Gasteiger partial charge on any atom is -0.504 e. The van der Waals surface area contributed by atoms with E-state index in [0.717, 1.165) is 12.0 Å². The number of carbonyl (C=O) groups is 1. The Morgan fingerprint density at radius 1 is 1.11 bits per heavy atom. The Labute approximate surface area is 159 Å². The summed E-state index contributed by atoms with van der Waals surface area (Å²) in [6.45, 7) is 4.15. The van der Waals surface area contributed by atoms with Crippen LogP contribution in [0, 0.1) is 0 Å². The number of esters is 1. The summed E-state index contributed by atoms with van der Waals surface area (Å²) in [5.74, 6) is -0.0628. The van der Waals surface area contributed by atoms with Gasteiger partial charge in [-0.15, -0.1) is 0 Å². The Morgan fingerprint density at radius 3 is 2.56 bits per heavy atom. The van der Waals surface area contributed by atoms with Gasteiger partial charge in [0.15, 0.2) is 11.5 Å². The Morgan fingerprint density at radius 2 is 1.89 bits per heavy atom. The lowest BCUT2D eigenvalue weighted by molar-refractivity contribution is 0.0524. The Bertz CT molecular complexity index is 769. The summed E-state index contributed by atoms with van der Waals surface area (Å²) >= 11 is 0. The van der Waals surface area contributed by atoms with E-state index in [2.05, 4.69) is 0 Å². The molecule has 0 aliphatic heterocycles. The fourth-order valence-corrected chi connectivity index (χ4v) is 2.75. The lowest BCUT2D eigenvalue weighted by Crippen LogP contribution is -2.13. The molecule has 2 aromatic carbocycles. The van der Waals surface area contributed by atoms with Gasteiger partial charge in [0, 0.05) is 0 Å². The first-order chi connectivity index (χ1) is 12.9. The van der Waals surface area contributed by atoms with Crippen molar-refractivity contribution in [2.24, 2.45) is 0 Å². The van der Waals surface area contributed by atoms with Crippen molar-refractivity contribution in [3.8, 4) is 17.2 Å². The lowest BCUT2D eigenvalue weighted by Gasteiger charge is -2.13. The lowest BCUT2D eigenvalue weighted by atomic mass is 10.0. The van der Waals surface area contributed by atoms with E-state index in [1.54, 1.807) is 38.1 Å². The van der Waals surface area contributed by atoms with E-state index < -0.39 is 12.1 Å². The number of phenolic OH excluding ortho intramolecular Hbond substituents is 2. The predicted molar refractivity (Wildman–Crippen MR) is 101 cm³/mol. The minimum absolute atomic E-state index is 0.134. The molecule has 0 heterocycles. The molecular weight excluding hydrogens is 348 g/mol. The van der Waals surface area contributed by atoms with Crippen LogP contribution in [0.3, 0.4) is 0 Å². The van der Waals surface area contributed by atoms with Crippen LogP contribution >= 0.6 is 0 Å². The molecule has 1 unspecified atom stereocenters. The third kappa shape index (κ3) is 6.18. The number of aryl methyl sites for hydroxylation is 1. The average Bonchev–Trinajstić information content (AvgIpc) is 2.61. The van der Waals surface area contributed by atoms with Gasteiger partial charge in [0.25, 0.3) is 0 Å². The molecule has 0 spiro atoms. The normalized spacial score (nSPS) is 11.8. The van der Waals surface area contributed by atoms with Gasteiger partial charge in [0.2, 0.25) is 0 Å². The predicted octanol–water partition coefficient (Wildman–Crippen LogP) is 3.21. The number of hydrogen-bond donors (Lipinski definition) is 3. The number of ether oxygens (including phenoxy) is 2. The second kappa shape index (κ2) is 9.83. The van der Waals surface area contributed by atoms with Gasteiger partial charge in [0.05, 0.1) is 24.9 Å². The molecule has 2 aromatic rings. The van der Waals surface area contributed by atoms with Gasteiger partial charge < -0.3 is 24.8 Å². The maximum absolute atomic E-state index is 12.0. The van der Waals surface area contributed by atoms with Crippen LogP contribution < -0.4 is 4.74 Å². The van der Waals surface area contributed by atoms with Gasteiger partial charge in [-0.2, -0.15) is 0 Å². The van der Waals surface area contributed by atoms with Gasteiger partial charge in [-0.3, -0.25) is 0 Å². The fourth-order valence-electron chi connectivity index (χ4n) is 2.75. The maximum Gasteiger partial charge on any atom is 0.338 e. The molecule has 0 bridgehead atoms. The summed E-state index contributed by atoms with van der Waals surface area (Å²) < 4.78 is 10.8.